The van der Waals surface area contributed by atoms with Gasteiger partial charge >= 0.3 is 0 Å². The van der Waals surface area contributed by atoms with E-state index < -0.39 is 0 Å². The first-order valence-electron chi connectivity index (χ1n) is 8.70. The Morgan fingerprint density at radius 1 is 0.808 bits per heavy atom. The molecule has 0 spiro atoms. The molecule has 128 valence electrons. The summed E-state index contributed by atoms with van der Waals surface area (Å²) in [5.74, 6) is -0.0580. The third-order valence-corrected chi connectivity index (χ3v) is 4.50. The summed E-state index contributed by atoms with van der Waals surface area (Å²) in [6, 6.07) is 25.8. The highest BCUT2D eigenvalue weighted by molar-refractivity contribution is 5.94. The molecule has 1 heterocycles. The molecule has 0 saturated heterocycles. The minimum absolute atomic E-state index is 0.0580. The molecule has 3 aromatic carbocycles. The Kier molecular flexibility index (Phi) is 4.52. The molecule has 3 nitrogen and oxygen atoms in total. The second-order valence-electron chi connectivity index (χ2n) is 6.21. The molecule has 26 heavy (non-hydrogen) atoms. The van der Waals surface area contributed by atoms with E-state index in [0.717, 1.165) is 34.1 Å². The van der Waals surface area contributed by atoms with Crippen molar-refractivity contribution in [3.05, 3.63) is 96.3 Å². The van der Waals surface area contributed by atoms with E-state index in [1.165, 1.54) is 0 Å². The molecule has 0 unspecified atom stereocenters. The van der Waals surface area contributed by atoms with Gasteiger partial charge in [-0.1, -0.05) is 60.7 Å². The zero-order valence-electron chi connectivity index (χ0n) is 14.3. The van der Waals surface area contributed by atoms with Gasteiger partial charge in [-0.05, 0) is 41.3 Å². The van der Waals surface area contributed by atoms with Crippen LogP contribution in [0.4, 0.5) is 0 Å². The Balaban J connectivity index is 1.37. The van der Waals surface area contributed by atoms with Crippen LogP contribution in [-0.4, -0.2) is 12.5 Å². The molecule has 4 aromatic rings. The summed E-state index contributed by atoms with van der Waals surface area (Å²) in [7, 11) is 0. The Hall–Kier alpha value is -3.33. The van der Waals surface area contributed by atoms with Gasteiger partial charge in [0.15, 0.2) is 0 Å². The number of carbonyl (C=O) groups excluding carboxylic acids is 1. The maximum Gasteiger partial charge on any atom is 0.251 e. The second-order valence-corrected chi connectivity index (χ2v) is 6.21. The lowest BCUT2D eigenvalue weighted by Gasteiger charge is -2.06. The number of amides is 1. The summed E-state index contributed by atoms with van der Waals surface area (Å²) >= 11 is 0. The van der Waals surface area contributed by atoms with Crippen molar-refractivity contribution in [2.24, 2.45) is 0 Å². The molecule has 4 rings (SSSR count). The van der Waals surface area contributed by atoms with Gasteiger partial charge in [-0.15, -0.1) is 0 Å². The number of nitrogens with one attached hydrogen (secondary N) is 1. The van der Waals surface area contributed by atoms with Crippen molar-refractivity contribution in [1.29, 1.82) is 0 Å². The van der Waals surface area contributed by atoms with Crippen LogP contribution in [-0.2, 0) is 6.42 Å². The van der Waals surface area contributed by atoms with Crippen molar-refractivity contribution in [1.82, 2.24) is 5.32 Å². The molecule has 0 aliphatic rings. The molecule has 0 fully saturated rings. The van der Waals surface area contributed by atoms with Crippen LogP contribution < -0.4 is 5.32 Å². The number of rotatable bonds is 5. The maximum absolute atomic E-state index is 12.4. The number of fused-ring (bicyclic) bond motifs is 1. The normalized spacial score (nSPS) is 10.8. The average molecular weight is 341 g/mol. The summed E-state index contributed by atoms with van der Waals surface area (Å²) in [6.07, 6.45) is 2.51. The van der Waals surface area contributed by atoms with Crippen LogP contribution in [0.15, 0.2) is 89.5 Å². The fourth-order valence-electron chi connectivity index (χ4n) is 3.08. The first-order valence-corrected chi connectivity index (χ1v) is 8.70. The second kappa shape index (κ2) is 7.28. The highest BCUT2D eigenvalue weighted by Gasteiger charge is 2.08. The predicted molar refractivity (Wildman–Crippen MR) is 104 cm³/mol. The van der Waals surface area contributed by atoms with E-state index in [1.807, 2.05) is 66.7 Å². The summed E-state index contributed by atoms with van der Waals surface area (Å²) < 4.78 is 5.53. The summed E-state index contributed by atoms with van der Waals surface area (Å²) in [6.45, 7) is 0.572. The quantitative estimate of drug-likeness (QED) is 0.550. The molecule has 1 amide bonds. The van der Waals surface area contributed by atoms with Crippen molar-refractivity contribution >= 4 is 16.9 Å². The van der Waals surface area contributed by atoms with E-state index in [-0.39, 0.29) is 5.91 Å². The van der Waals surface area contributed by atoms with E-state index in [1.54, 1.807) is 6.26 Å². The SMILES string of the molecule is O=C(NCCc1coc2ccccc12)c1ccc(-c2ccccc2)cc1. The summed E-state index contributed by atoms with van der Waals surface area (Å²) in [4.78, 5) is 12.4. The van der Waals surface area contributed by atoms with E-state index in [4.69, 9.17) is 4.42 Å². The largest absolute Gasteiger partial charge is 0.464 e. The number of carbonyl (C=O) groups is 1. The minimum atomic E-state index is -0.0580. The zero-order chi connectivity index (χ0) is 17.8. The highest BCUT2D eigenvalue weighted by atomic mass is 16.3. The number of hydrogen-bond acceptors (Lipinski definition) is 2. The molecule has 0 atom stereocenters. The lowest BCUT2D eigenvalue weighted by atomic mass is 10.0. The topological polar surface area (TPSA) is 42.2 Å². The van der Waals surface area contributed by atoms with E-state index in [2.05, 4.69) is 17.4 Å². The average Bonchev–Trinajstić information content (AvgIpc) is 3.12. The molecule has 1 aromatic heterocycles. The molecule has 0 aliphatic carbocycles. The smallest absolute Gasteiger partial charge is 0.251 e. The van der Waals surface area contributed by atoms with Gasteiger partial charge in [-0.25, -0.2) is 0 Å². The molecule has 0 saturated carbocycles. The third-order valence-electron chi connectivity index (χ3n) is 4.50. The fourth-order valence-corrected chi connectivity index (χ4v) is 3.08. The number of hydrogen-bond donors (Lipinski definition) is 1. The van der Waals surface area contributed by atoms with Crippen LogP contribution in [0.5, 0.6) is 0 Å². The van der Waals surface area contributed by atoms with Crippen molar-refractivity contribution in [2.75, 3.05) is 6.54 Å². The van der Waals surface area contributed by atoms with Gasteiger partial charge in [0.25, 0.3) is 5.91 Å². The first kappa shape index (κ1) is 16.2. The van der Waals surface area contributed by atoms with E-state index >= 15 is 0 Å². The molecule has 0 radical (unpaired) electrons. The molecule has 3 heteroatoms. The van der Waals surface area contributed by atoms with Gasteiger partial charge in [-0.3, -0.25) is 4.79 Å². The Morgan fingerprint density at radius 2 is 1.50 bits per heavy atom. The number of benzene rings is 3. The molecular formula is C23H19NO2. The van der Waals surface area contributed by atoms with Crippen molar-refractivity contribution < 1.29 is 9.21 Å². The fraction of sp³-hybridized carbons (Fsp3) is 0.0870. The lowest BCUT2D eigenvalue weighted by Crippen LogP contribution is -2.25. The van der Waals surface area contributed by atoms with Crippen molar-refractivity contribution in [3.63, 3.8) is 0 Å². The Bertz CT molecular complexity index is 1020. The molecular weight excluding hydrogens is 322 g/mol. The van der Waals surface area contributed by atoms with Crippen LogP contribution in [0.2, 0.25) is 0 Å². The number of para-hydroxylation sites is 1. The van der Waals surface area contributed by atoms with Gasteiger partial charge in [0.05, 0.1) is 6.26 Å². The summed E-state index contributed by atoms with van der Waals surface area (Å²) in [5.41, 5.74) is 4.91. The van der Waals surface area contributed by atoms with Crippen molar-refractivity contribution in [3.8, 4) is 11.1 Å². The van der Waals surface area contributed by atoms with Gasteiger partial charge < -0.3 is 9.73 Å². The van der Waals surface area contributed by atoms with Crippen LogP contribution in [0, 0.1) is 0 Å². The van der Waals surface area contributed by atoms with Crippen LogP contribution in [0.3, 0.4) is 0 Å². The third kappa shape index (κ3) is 3.38. The highest BCUT2D eigenvalue weighted by Crippen LogP contribution is 2.21. The minimum Gasteiger partial charge on any atom is -0.464 e. The monoisotopic (exact) mass is 341 g/mol. The predicted octanol–water partition coefficient (Wildman–Crippen LogP) is 5.07. The Morgan fingerprint density at radius 3 is 2.31 bits per heavy atom. The van der Waals surface area contributed by atoms with Crippen LogP contribution >= 0.6 is 0 Å². The van der Waals surface area contributed by atoms with Gasteiger partial charge in [0.2, 0.25) is 0 Å². The van der Waals surface area contributed by atoms with Crippen LogP contribution in [0.25, 0.3) is 22.1 Å². The molecule has 1 N–H and O–H groups in total. The lowest BCUT2D eigenvalue weighted by molar-refractivity contribution is 0.0954. The zero-order valence-corrected chi connectivity index (χ0v) is 14.3. The summed E-state index contributed by atoms with van der Waals surface area (Å²) in [5, 5.41) is 4.09. The van der Waals surface area contributed by atoms with Crippen LogP contribution in [0.1, 0.15) is 15.9 Å². The van der Waals surface area contributed by atoms with Gasteiger partial charge in [-0.2, -0.15) is 0 Å². The van der Waals surface area contributed by atoms with Gasteiger partial charge in [0.1, 0.15) is 5.58 Å². The van der Waals surface area contributed by atoms with Gasteiger partial charge in [0, 0.05) is 17.5 Å². The standard InChI is InChI=1S/C23H19NO2/c25-23(19-12-10-18(11-13-19)17-6-2-1-3-7-17)24-15-14-20-16-26-22-9-5-4-8-21(20)22/h1-13,16H,14-15H2,(H,24,25). The van der Waals surface area contributed by atoms with E-state index in [0.29, 0.717) is 12.1 Å². The Labute approximate surface area is 152 Å². The molecule has 0 aliphatic heterocycles. The molecule has 0 bridgehead atoms. The number of furan rings is 1. The maximum atomic E-state index is 12.4. The van der Waals surface area contributed by atoms with Crippen molar-refractivity contribution in [2.45, 2.75) is 6.42 Å². The first-order chi connectivity index (χ1) is 12.8. The van der Waals surface area contributed by atoms with E-state index in [9.17, 15) is 4.79 Å².